The van der Waals surface area contributed by atoms with E-state index in [9.17, 15) is 9.59 Å². The van der Waals surface area contributed by atoms with Crippen LogP contribution < -0.4 is 5.32 Å². The summed E-state index contributed by atoms with van der Waals surface area (Å²) in [4.78, 5) is 22.8. The van der Waals surface area contributed by atoms with Crippen LogP contribution in [0.3, 0.4) is 0 Å². The van der Waals surface area contributed by atoms with Crippen molar-refractivity contribution in [3.63, 3.8) is 0 Å². The van der Waals surface area contributed by atoms with E-state index in [0.717, 1.165) is 24.1 Å². The van der Waals surface area contributed by atoms with E-state index in [1.165, 1.54) is 0 Å². The number of nitrogens with one attached hydrogen (secondary N) is 1. The van der Waals surface area contributed by atoms with Crippen molar-refractivity contribution in [1.29, 1.82) is 0 Å². The molecule has 0 radical (unpaired) electrons. The van der Waals surface area contributed by atoms with Crippen LogP contribution in [0.4, 0.5) is 5.69 Å². The highest BCUT2D eigenvalue weighted by atomic mass is 35.5. The molecule has 0 saturated heterocycles. The lowest BCUT2D eigenvalue weighted by Crippen LogP contribution is -2.11. The topological polar surface area (TPSA) is 105 Å². The molecule has 21 heavy (non-hydrogen) atoms. The van der Waals surface area contributed by atoms with Gasteiger partial charge in [-0.2, -0.15) is 8.75 Å². The zero-order chi connectivity index (χ0) is 15.0. The molecule has 106 valence electrons. The number of fused-ring (bicyclic) bond motifs is 1. The average molecular weight is 324 g/mol. The summed E-state index contributed by atoms with van der Waals surface area (Å²) in [7, 11) is 0. The molecular weight excluding hydrogens is 318 g/mol. The maximum atomic E-state index is 12.1. The molecule has 1 amide bonds. The molecule has 0 atom stereocenters. The van der Waals surface area contributed by atoms with Crippen molar-refractivity contribution < 1.29 is 19.1 Å². The number of anilines is 1. The minimum atomic E-state index is -1.18. The largest absolute Gasteiger partial charge is 0.478 e. The van der Waals surface area contributed by atoms with E-state index >= 15 is 0 Å². The number of nitrogens with zero attached hydrogens (tertiary/aromatic N) is 2. The summed E-state index contributed by atoms with van der Waals surface area (Å²) in [5.74, 6) is -1.94. The summed E-state index contributed by atoms with van der Waals surface area (Å²) < 4.78 is 13.0. The maximum absolute atomic E-state index is 12.1. The van der Waals surface area contributed by atoms with Gasteiger partial charge in [0.2, 0.25) is 0 Å². The monoisotopic (exact) mass is 323 g/mol. The number of carbonyl (C=O) groups is 2. The molecule has 0 bridgehead atoms. The number of benzene rings is 1. The van der Waals surface area contributed by atoms with Gasteiger partial charge in [-0.05, 0) is 12.1 Å². The van der Waals surface area contributed by atoms with Crippen LogP contribution in [0.1, 0.15) is 20.9 Å². The van der Waals surface area contributed by atoms with Gasteiger partial charge in [-0.25, -0.2) is 4.79 Å². The Morgan fingerprint density at radius 3 is 2.86 bits per heavy atom. The Morgan fingerprint density at radius 1 is 1.33 bits per heavy atom. The fourth-order valence-corrected chi connectivity index (χ4v) is 2.43. The molecule has 0 aliphatic heterocycles. The second-order valence-corrected chi connectivity index (χ2v) is 4.95. The van der Waals surface area contributed by atoms with Gasteiger partial charge in [-0.15, -0.1) is 0 Å². The number of aromatic nitrogens is 2. The second-order valence-electron chi connectivity index (χ2n) is 4.01. The van der Waals surface area contributed by atoms with Gasteiger partial charge < -0.3 is 14.8 Å². The SMILES string of the molecule is O=C(O)c1coc(C(=O)Nc2c(Cl)ccc3nsnc23)c1. The van der Waals surface area contributed by atoms with E-state index in [-0.39, 0.29) is 11.3 Å². The van der Waals surface area contributed by atoms with Crippen LogP contribution in [0.25, 0.3) is 11.0 Å². The number of carboxylic acids is 1. The molecule has 3 rings (SSSR count). The third kappa shape index (κ3) is 2.46. The predicted octanol–water partition coefficient (Wildman–Crippen LogP) is 2.89. The zero-order valence-electron chi connectivity index (χ0n) is 10.2. The molecule has 3 aromatic rings. The lowest BCUT2D eigenvalue weighted by Gasteiger charge is -2.05. The number of aromatic carboxylic acids is 1. The van der Waals surface area contributed by atoms with Crippen LogP contribution in [0.15, 0.2) is 28.9 Å². The molecule has 0 saturated carbocycles. The molecule has 0 aliphatic carbocycles. The number of halogens is 1. The number of carbonyl (C=O) groups excluding carboxylic acids is 1. The number of carboxylic acid groups (broad SMARTS) is 1. The first-order valence-electron chi connectivity index (χ1n) is 5.60. The molecule has 0 aliphatic rings. The van der Waals surface area contributed by atoms with E-state index in [2.05, 4.69) is 14.1 Å². The van der Waals surface area contributed by atoms with Gasteiger partial charge in [0.05, 0.1) is 28.0 Å². The molecule has 2 aromatic heterocycles. The van der Waals surface area contributed by atoms with Crippen LogP contribution in [0.2, 0.25) is 5.02 Å². The fourth-order valence-electron chi connectivity index (χ4n) is 1.69. The Kier molecular flexibility index (Phi) is 3.32. The Balaban J connectivity index is 1.94. The summed E-state index contributed by atoms with van der Waals surface area (Å²) in [6, 6.07) is 4.41. The molecule has 1 aromatic carbocycles. The summed E-state index contributed by atoms with van der Waals surface area (Å²) >= 11 is 7.04. The summed E-state index contributed by atoms with van der Waals surface area (Å²) in [5, 5.41) is 11.7. The molecule has 2 heterocycles. The summed E-state index contributed by atoms with van der Waals surface area (Å²) in [6.45, 7) is 0. The molecular formula is C12H6ClN3O4S. The average Bonchev–Trinajstić information content (AvgIpc) is 3.09. The van der Waals surface area contributed by atoms with Crippen molar-refractivity contribution >= 4 is 51.9 Å². The minimum Gasteiger partial charge on any atom is -0.478 e. The van der Waals surface area contributed by atoms with Crippen molar-refractivity contribution in [2.24, 2.45) is 0 Å². The quantitative estimate of drug-likeness (QED) is 0.767. The molecule has 0 unspecified atom stereocenters. The Bertz CT molecular complexity index is 857. The van der Waals surface area contributed by atoms with Gasteiger partial charge in [-0.3, -0.25) is 4.79 Å². The fraction of sp³-hybridized carbons (Fsp3) is 0. The van der Waals surface area contributed by atoms with Crippen LogP contribution in [-0.4, -0.2) is 25.7 Å². The minimum absolute atomic E-state index is 0.111. The lowest BCUT2D eigenvalue weighted by atomic mass is 10.2. The van der Waals surface area contributed by atoms with Crippen molar-refractivity contribution in [1.82, 2.24) is 8.75 Å². The van der Waals surface area contributed by atoms with Gasteiger partial charge in [0.25, 0.3) is 5.91 Å². The number of hydrogen-bond donors (Lipinski definition) is 2. The third-order valence-corrected chi connectivity index (χ3v) is 3.54. The molecule has 2 N–H and O–H groups in total. The first-order chi connectivity index (χ1) is 10.1. The third-order valence-electron chi connectivity index (χ3n) is 2.69. The Hall–Kier alpha value is -2.45. The first kappa shape index (κ1) is 13.5. The second kappa shape index (κ2) is 5.15. The van der Waals surface area contributed by atoms with Crippen molar-refractivity contribution in [2.45, 2.75) is 0 Å². The van der Waals surface area contributed by atoms with E-state index in [1.807, 2.05) is 0 Å². The van der Waals surface area contributed by atoms with E-state index < -0.39 is 11.9 Å². The lowest BCUT2D eigenvalue weighted by molar-refractivity contribution is 0.0696. The first-order valence-corrected chi connectivity index (χ1v) is 6.71. The smallest absolute Gasteiger partial charge is 0.338 e. The van der Waals surface area contributed by atoms with Gasteiger partial charge in [0.15, 0.2) is 5.76 Å². The highest BCUT2D eigenvalue weighted by Gasteiger charge is 2.18. The van der Waals surface area contributed by atoms with Crippen LogP contribution in [0.5, 0.6) is 0 Å². The van der Waals surface area contributed by atoms with Crippen LogP contribution in [0, 0.1) is 0 Å². The Morgan fingerprint density at radius 2 is 2.14 bits per heavy atom. The van der Waals surface area contributed by atoms with Crippen LogP contribution in [-0.2, 0) is 0 Å². The number of rotatable bonds is 3. The molecule has 7 nitrogen and oxygen atoms in total. The molecule has 0 fully saturated rings. The number of furan rings is 1. The normalized spacial score (nSPS) is 10.7. The highest BCUT2D eigenvalue weighted by Crippen LogP contribution is 2.30. The van der Waals surface area contributed by atoms with E-state index in [0.29, 0.717) is 21.7 Å². The van der Waals surface area contributed by atoms with Crippen molar-refractivity contribution in [3.8, 4) is 0 Å². The molecule has 9 heteroatoms. The maximum Gasteiger partial charge on any atom is 0.338 e. The van der Waals surface area contributed by atoms with Crippen molar-refractivity contribution in [2.75, 3.05) is 5.32 Å². The van der Waals surface area contributed by atoms with Crippen molar-refractivity contribution in [3.05, 3.63) is 40.8 Å². The highest BCUT2D eigenvalue weighted by molar-refractivity contribution is 7.00. The van der Waals surface area contributed by atoms with Gasteiger partial charge in [0.1, 0.15) is 17.3 Å². The van der Waals surface area contributed by atoms with E-state index in [1.54, 1.807) is 12.1 Å². The van der Waals surface area contributed by atoms with Gasteiger partial charge in [0, 0.05) is 6.07 Å². The Labute approximate surface area is 126 Å². The summed E-state index contributed by atoms with van der Waals surface area (Å²) in [5.41, 5.74) is 1.26. The predicted molar refractivity (Wildman–Crippen MR) is 76.0 cm³/mol. The standard InChI is InChI=1S/C12H6ClN3O4S/c13-6-1-2-7-10(16-21-15-7)9(6)14-11(17)8-3-5(4-20-8)12(18)19/h1-4H,(H,14,17)(H,18,19). The van der Waals surface area contributed by atoms with E-state index in [4.69, 9.17) is 21.1 Å². The van der Waals surface area contributed by atoms with Gasteiger partial charge >= 0.3 is 5.97 Å². The zero-order valence-corrected chi connectivity index (χ0v) is 11.7. The summed E-state index contributed by atoms with van der Waals surface area (Å²) in [6.07, 6.45) is 0.990. The van der Waals surface area contributed by atoms with Gasteiger partial charge in [-0.1, -0.05) is 11.6 Å². The number of amides is 1. The van der Waals surface area contributed by atoms with Crippen LogP contribution >= 0.6 is 23.3 Å². The molecule has 0 spiro atoms. The number of hydrogen-bond acceptors (Lipinski definition) is 6.